The lowest BCUT2D eigenvalue weighted by Gasteiger charge is -2.34. The summed E-state index contributed by atoms with van der Waals surface area (Å²) in [5.41, 5.74) is 0. The van der Waals surface area contributed by atoms with Crippen molar-refractivity contribution in [2.75, 3.05) is 13.1 Å². The molecule has 2 rings (SSSR count). The van der Waals surface area contributed by atoms with Crippen LogP contribution in [-0.2, 0) is 4.79 Å². The highest BCUT2D eigenvalue weighted by molar-refractivity contribution is 5.47. The molecule has 0 unspecified atom stereocenters. The van der Waals surface area contributed by atoms with E-state index in [9.17, 15) is 4.79 Å². The number of piperidine rings is 1. The van der Waals surface area contributed by atoms with Gasteiger partial charge in [0.15, 0.2) is 0 Å². The lowest BCUT2D eigenvalue weighted by atomic mass is 9.93. The number of nitrogens with zero attached hydrogens (tertiary/aromatic N) is 1. The lowest BCUT2D eigenvalue weighted by Crippen LogP contribution is -2.46. The molecule has 0 spiro atoms. The fourth-order valence-corrected chi connectivity index (χ4v) is 2.77. The van der Waals surface area contributed by atoms with Crippen molar-refractivity contribution in [2.45, 2.75) is 57.0 Å². The quantitative estimate of drug-likeness (QED) is 0.716. The Morgan fingerprint density at radius 2 is 1.53 bits per heavy atom. The maximum Gasteiger partial charge on any atom is 0.209 e. The van der Waals surface area contributed by atoms with Crippen molar-refractivity contribution in [3.05, 3.63) is 0 Å². The molecule has 1 aliphatic carbocycles. The maximum absolute atomic E-state index is 10.6. The molecule has 0 atom stereocenters. The number of amides is 1. The molecule has 0 aromatic rings. The second-order valence-electron chi connectivity index (χ2n) is 4.92. The second kappa shape index (κ2) is 5.50. The van der Waals surface area contributed by atoms with Crippen molar-refractivity contribution in [2.24, 2.45) is 0 Å². The molecule has 0 radical (unpaired) electrons. The molecule has 86 valence electrons. The van der Waals surface area contributed by atoms with Gasteiger partial charge in [0.1, 0.15) is 0 Å². The van der Waals surface area contributed by atoms with Crippen molar-refractivity contribution < 1.29 is 4.79 Å². The Balaban J connectivity index is 1.69. The Morgan fingerprint density at radius 1 is 0.933 bits per heavy atom. The highest BCUT2D eigenvalue weighted by atomic mass is 16.1. The predicted octanol–water partition coefficient (Wildman–Crippen LogP) is 1.53. The average molecular weight is 210 g/mol. The summed E-state index contributed by atoms with van der Waals surface area (Å²) >= 11 is 0. The van der Waals surface area contributed by atoms with Crippen LogP contribution in [0.2, 0.25) is 0 Å². The van der Waals surface area contributed by atoms with Gasteiger partial charge in [0, 0.05) is 25.2 Å². The van der Waals surface area contributed by atoms with Crippen LogP contribution in [0.3, 0.4) is 0 Å². The van der Waals surface area contributed by atoms with Crippen LogP contribution in [0.25, 0.3) is 0 Å². The summed E-state index contributed by atoms with van der Waals surface area (Å²) in [5.74, 6) is 0. The van der Waals surface area contributed by atoms with E-state index >= 15 is 0 Å². The fourth-order valence-electron chi connectivity index (χ4n) is 2.77. The number of likely N-dealkylation sites (tertiary alicyclic amines) is 1. The van der Waals surface area contributed by atoms with Gasteiger partial charge in [-0.1, -0.05) is 19.3 Å². The molecule has 2 fully saturated rings. The third-order valence-corrected chi connectivity index (χ3v) is 3.76. The van der Waals surface area contributed by atoms with E-state index in [0.29, 0.717) is 6.04 Å². The summed E-state index contributed by atoms with van der Waals surface area (Å²) in [6.45, 7) is 1.88. The van der Waals surface area contributed by atoms with Gasteiger partial charge in [-0.05, 0) is 25.7 Å². The van der Waals surface area contributed by atoms with E-state index in [0.717, 1.165) is 38.4 Å². The first-order chi connectivity index (χ1) is 7.38. The SMILES string of the molecule is O=CN1CCC(NC2CCCCC2)CC1. The Hall–Kier alpha value is -0.570. The molecular formula is C12H22N2O. The zero-order valence-electron chi connectivity index (χ0n) is 9.45. The minimum absolute atomic E-state index is 0.657. The van der Waals surface area contributed by atoms with E-state index in [1.54, 1.807) is 0 Å². The van der Waals surface area contributed by atoms with Crippen LogP contribution in [0.4, 0.5) is 0 Å². The molecule has 0 bridgehead atoms. The van der Waals surface area contributed by atoms with Crippen LogP contribution in [-0.4, -0.2) is 36.5 Å². The van der Waals surface area contributed by atoms with E-state index in [2.05, 4.69) is 5.32 Å². The van der Waals surface area contributed by atoms with Crippen molar-refractivity contribution >= 4 is 6.41 Å². The molecule has 3 heteroatoms. The maximum atomic E-state index is 10.6. The standard InChI is InChI=1S/C12H22N2O/c15-10-14-8-6-12(7-9-14)13-11-4-2-1-3-5-11/h10-13H,1-9H2. The Labute approximate surface area is 92.2 Å². The van der Waals surface area contributed by atoms with Gasteiger partial charge >= 0.3 is 0 Å². The number of carbonyl (C=O) groups excluding carboxylic acids is 1. The van der Waals surface area contributed by atoms with Crippen molar-refractivity contribution in [1.29, 1.82) is 0 Å². The fraction of sp³-hybridized carbons (Fsp3) is 0.917. The summed E-state index contributed by atoms with van der Waals surface area (Å²) < 4.78 is 0. The summed E-state index contributed by atoms with van der Waals surface area (Å²) in [6, 6.07) is 1.41. The highest BCUT2D eigenvalue weighted by Gasteiger charge is 2.21. The molecule has 1 amide bonds. The van der Waals surface area contributed by atoms with Crippen LogP contribution in [0.1, 0.15) is 44.9 Å². The third kappa shape index (κ3) is 3.20. The number of hydrogen-bond donors (Lipinski definition) is 1. The van der Waals surface area contributed by atoms with Gasteiger partial charge in [0.2, 0.25) is 6.41 Å². The molecule has 0 aromatic carbocycles. The largest absolute Gasteiger partial charge is 0.345 e. The van der Waals surface area contributed by atoms with Gasteiger partial charge in [-0.25, -0.2) is 0 Å². The molecule has 15 heavy (non-hydrogen) atoms. The molecule has 2 aliphatic rings. The zero-order valence-corrected chi connectivity index (χ0v) is 9.45. The van der Waals surface area contributed by atoms with E-state index in [1.807, 2.05) is 4.90 Å². The first kappa shape index (κ1) is 10.9. The summed E-state index contributed by atoms with van der Waals surface area (Å²) in [4.78, 5) is 12.5. The van der Waals surface area contributed by atoms with Crippen LogP contribution in [0.15, 0.2) is 0 Å². The van der Waals surface area contributed by atoms with Gasteiger partial charge in [-0.15, -0.1) is 0 Å². The van der Waals surface area contributed by atoms with E-state index < -0.39 is 0 Å². The Bertz CT molecular complexity index is 194. The summed E-state index contributed by atoms with van der Waals surface area (Å²) in [7, 11) is 0. The Morgan fingerprint density at radius 3 is 2.13 bits per heavy atom. The molecule has 1 N–H and O–H groups in total. The number of carbonyl (C=O) groups is 1. The molecule has 1 aliphatic heterocycles. The lowest BCUT2D eigenvalue weighted by molar-refractivity contribution is -0.119. The first-order valence-corrected chi connectivity index (χ1v) is 6.34. The normalized spacial score (nSPS) is 25.5. The van der Waals surface area contributed by atoms with Crippen LogP contribution >= 0.6 is 0 Å². The summed E-state index contributed by atoms with van der Waals surface area (Å²) in [6.07, 6.45) is 10.2. The summed E-state index contributed by atoms with van der Waals surface area (Å²) in [5, 5.41) is 3.76. The molecule has 0 aromatic heterocycles. The predicted molar refractivity (Wildman–Crippen MR) is 60.7 cm³/mol. The van der Waals surface area contributed by atoms with Crippen molar-refractivity contribution in [3.63, 3.8) is 0 Å². The minimum Gasteiger partial charge on any atom is -0.345 e. The average Bonchev–Trinajstić information content (AvgIpc) is 2.31. The van der Waals surface area contributed by atoms with E-state index in [4.69, 9.17) is 0 Å². The zero-order chi connectivity index (χ0) is 10.5. The second-order valence-corrected chi connectivity index (χ2v) is 4.92. The highest BCUT2D eigenvalue weighted by Crippen LogP contribution is 2.19. The topological polar surface area (TPSA) is 32.3 Å². The number of hydrogen-bond acceptors (Lipinski definition) is 2. The van der Waals surface area contributed by atoms with Gasteiger partial charge in [0.25, 0.3) is 0 Å². The van der Waals surface area contributed by atoms with Crippen LogP contribution < -0.4 is 5.32 Å². The molecular weight excluding hydrogens is 188 g/mol. The first-order valence-electron chi connectivity index (χ1n) is 6.34. The Kier molecular flexibility index (Phi) is 4.01. The number of rotatable bonds is 3. The van der Waals surface area contributed by atoms with Crippen molar-refractivity contribution in [1.82, 2.24) is 10.2 Å². The molecule has 3 nitrogen and oxygen atoms in total. The molecule has 1 heterocycles. The van der Waals surface area contributed by atoms with E-state index in [1.165, 1.54) is 32.1 Å². The monoisotopic (exact) mass is 210 g/mol. The number of nitrogens with one attached hydrogen (secondary N) is 1. The van der Waals surface area contributed by atoms with Gasteiger partial charge in [-0.3, -0.25) is 4.79 Å². The van der Waals surface area contributed by atoms with Crippen LogP contribution in [0, 0.1) is 0 Å². The minimum atomic E-state index is 0.657. The third-order valence-electron chi connectivity index (χ3n) is 3.76. The molecule has 1 saturated carbocycles. The smallest absolute Gasteiger partial charge is 0.209 e. The van der Waals surface area contributed by atoms with Crippen LogP contribution in [0.5, 0.6) is 0 Å². The van der Waals surface area contributed by atoms with E-state index in [-0.39, 0.29) is 0 Å². The van der Waals surface area contributed by atoms with Gasteiger partial charge in [0.05, 0.1) is 0 Å². The molecule has 1 saturated heterocycles. The van der Waals surface area contributed by atoms with Gasteiger partial charge in [-0.2, -0.15) is 0 Å². The van der Waals surface area contributed by atoms with Gasteiger partial charge < -0.3 is 10.2 Å². The van der Waals surface area contributed by atoms with Crippen molar-refractivity contribution in [3.8, 4) is 0 Å².